The highest BCUT2D eigenvalue weighted by atomic mass is 35.5. The van der Waals surface area contributed by atoms with E-state index in [1.54, 1.807) is 26.8 Å². The van der Waals surface area contributed by atoms with Crippen LogP contribution in [0.3, 0.4) is 0 Å². The van der Waals surface area contributed by atoms with Crippen molar-refractivity contribution in [3.8, 4) is 0 Å². The van der Waals surface area contributed by atoms with Crippen molar-refractivity contribution in [3.05, 3.63) is 75.6 Å². The van der Waals surface area contributed by atoms with Crippen molar-refractivity contribution in [1.29, 1.82) is 0 Å². The number of nitrogens with one attached hydrogen (secondary N) is 1. The van der Waals surface area contributed by atoms with Gasteiger partial charge in [0.05, 0.1) is 15.8 Å². The number of halogens is 2. The number of amides is 1. The lowest BCUT2D eigenvalue weighted by Gasteiger charge is -2.22. The van der Waals surface area contributed by atoms with E-state index in [-0.39, 0.29) is 17.3 Å². The van der Waals surface area contributed by atoms with Crippen LogP contribution in [0.4, 0.5) is 4.79 Å². The molecule has 3 rings (SSSR count). The highest BCUT2D eigenvalue weighted by molar-refractivity contribution is 7.90. The first kappa shape index (κ1) is 25.0. The fourth-order valence-corrected chi connectivity index (χ4v) is 4.34. The molecule has 0 radical (unpaired) electrons. The molecule has 3 aromatic rings. The minimum atomic E-state index is -3.97. The number of carbonyl (C=O) groups excluding carboxylic acids is 1. The Morgan fingerprint density at radius 2 is 1.76 bits per heavy atom. The third-order valence-electron chi connectivity index (χ3n) is 4.30. The van der Waals surface area contributed by atoms with Gasteiger partial charge in [0.25, 0.3) is 0 Å². The molecule has 0 aliphatic carbocycles. The molecule has 1 N–H and O–H groups in total. The van der Waals surface area contributed by atoms with E-state index in [9.17, 15) is 13.2 Å². The lowest BCUT2D eigenvalue weighted by molar-refractivity contribution is 0.0494. The molecule has 176 valence electrons. The molecule has 0 saturated carbocycles. The van der Waals surface area contributed by atoms with Crippen molar-refractivity contribution < 1.29 is 22.4 Å². The Balaban J connectivity index is 1.84. The molecule has 0 unspecified atom stereocenters. The lowest BCUT2D eigenvalue weighted by atomic mass is 10.1. The van der Waals surface area contributed by atoms with Crippen LogP contribution in [0.25, 0.3) is 0 Å². The quantitative estimate of drug-likeness (QED) is 0.466. The first-order valence-corrected chi connectivity index (χ1v) is 12.4. The Morgan fingerprint density at radius 3 is 2.39 bits per heavy atom. The van der Waals surface area contributed by atoms with Gasteiger partial charge in [-0.15, -0.1) is 5.10 Å². The first-order chi connectivity index (χ1) is 15.4. The second-order valence-electron chi connectivity index (χ2n) is 8.30. The van der Waals surface area contributed by atoms with E-state index >= 15 is 0 Å². The number of ether oxygens (including phenoxy) is 1. The Bertz CT molecular complexity index is 1220. The van der Waals surface area contributed by atoms with Crippen LogP contribution in [-0.2, 0) is 26.7 Å². The van der Waals surface area contributed by atoms with Crippen LogP contribution in [0, 0.1) is 0 Å². The molecular formula is C22H23Cl2N3O5S. The molecule has 1 amide bonds. The Labute approximate surface area is 202 Å². The zero-order chi connectivity index (χ0) is 24.2. The minimum Gasteiger partial charge on any atom is -0.444 e. The summed E-state index contributed by atoms with van der Waals surface area (Å²) in [5.74, 6) is -0.466. The van der Waals surface area contributed by atoms with Crippen LogP contribution in [-0.4, -0.2) is 30.3 Å². The summed E-state index contributed by atoms with van der Waals surface area (Å²) >= 11 is 11.9. The van der Waals surface area contributed by atoms with Gasteiger partial charge in [0.15, 0.2) is 0 Å². The van der Waals surface area contributed by atoms with Crippen LogP contribution >= 0.6 is 23.2 Å². The number of hydrogen-bond donors (Lipinski definition) is 1. The standard InChI is InChI=1S/C22H23Cl2N3O5S/c1-22(2,3)32-20(28)25-18(12-14-7-5-4-6-8-14)19-26-27-21(31-19)33(29,30)13-15-9-10-16(23)17(24)11-15/h4-11,18H,12-13H2,1-3H3,(H,25,28)/t18-/m1/s1. The van der Waals surface area contributed by atoms with E-state index in [0.29, 0.717) is 10.6 Å². The monoisotopic (exact) mass is 511 g/mol. The van der Waals surface area contributed by atoms with Crippen molar-refractivity contribution in [2.75, 3.05) is 0 Å². The maximum Gasteiger partial charge on any atom is 0.408 e. The minimum absolute atomic E-state index is 0.0579. The van der Waals surface area contributed by atoms with Gasteiger partial charge >= 0.3 is 11.3 Å². The van der Waals surface area contributed by atoms with Gasteiger partial charge in [0, 0.05) is 6.42 Å². The number of carbonyl (C=O) groups is 1. The highest BCUT2D eigenvalue weighted by Crippen LogP contribution is 2.26. The maximum atomic E-state index is 12.8. The smallest absolute Gasteiger partial charge is 0.408 e. The molecule has 1 aromatic heterocycles. The molecule has 2 aromatic carbocycles. The first-order valence-electron chi connectivity index (χ1n) is 9.96. The number of rotatable bonds is 7. The number of aromatic nitrogens is 2. The average Bonchev–Trinajstić information content (AvgIpc) is 3.21. The van der Waals surface area contributed by atoms with Gasteiger partial charge in [0.2, 0.25) is 15.7 Å². The normalized spacial score (nSPS) is 12.9. The number of sulfone groups is 1. The van der Waals surface area contributed by atoms with Gasteiger partial charge in [-0.2, -0.15) is 0 Å². The van der Waals surface area contributed by atoms with E-state index in [0.717, 1.165) is 5.56 Å². The molecule has 33 heavy (non-hydrogen) atoms. The average molecular weight is 512 g/mol. The summed E-state index contributed by atoms with van der Waals surface area (Å²) in [6, 6.07) is 13.0. The molecule has 0 aliphatic rings. The Morgan fingerprint density at radius 1 is 1.06 bits per heavy atom. The number of alkyl carbamates (subject to hydrolysis) is 1. The summed E-state index contributed by atoms with van der Waals surface area (Å²) in [6.07, 6.45) is -0.406. The van der Waals surface area contributed by atoms with Gasteiger partial charge in [-0.05, 0) is 44.0 Å². The second-order valence-corrected chi connectivity index (χ2v) is 11.0. The van der Waals surface area contributed by atoms with Gasteiger partial charge < -0.3 is 14.5 Å². The summed E-state index contributed by atoms with van der Waals surface area (Å²) in [6.45, 7) is 5.21. The van der Waals surface area contributed by atoms with Gasteiger partial charge in [0.1, 0.15) is 11.6 Å². The molecule has 0 aliphatic heterocycles. The van der Waals surface area contributed by atoms with Crippen molar-refractivity contribution in [1.82, 2.24) is 15.5 Å². The number of benzene rings is 2. The van der Waals surface area contributed by atoms with Crippen LogP contribution in [0.1, 0.15) is 43.8 Å². The summed E-state index contributed by atoms with van der Waals surface area (Å²) in [4.78, 5) is 12.4. The van der Waals surface area contributed by atoms with Crippen molar-refractivity contribution in [2.45, 2.75) is 49.8 Å². The summed E-state index contributed by atoms with van der Waals surface area (Å²) in [5, 5.41) is 10.3. The third-order valence-corrected chi connectivity index (χ3v) is 6.45. The predicted molar refractivity (Wildman–Crippen MR) is 124 cm³/mol. The molecule has 1 heterocycles. The third kappa shape index (κ3) is 7.18. The fraction of sp³-hybridized carbons (Fsp3) is 0.318. The van der Waals surface area contributed by atoms with Crippen LogP contribution in [0.2, 0.25) is 10.0 Å². The second kappa shape index (κ2) is 10.1. The Kier molecular flexibility index (Phi) is 7.66. The summed E-state index contributed by atoms with van der Waals surface area (Å²) in [5.41, 5.74) is 0.568. The van der Waals surface area contributed by atoms with Crippen LogP contribution in [0.15, 0.2) is 58.2 Å². The fourth-order valence-electron chi connectivity index (χ4n) is 2.90. The van der Waals surface area contributed by atoms with Crippen LogP contribution in [0.5, 0.6) is 0 Å². The van der Waals surface area contributed by atoms with E-state index in [1.807, 2.05) is 30.3 Å². The Hall–Kier alpha value is -2.62. The molecule has 0 fully saturated rings. The van der Waals surface area contributed by atoms with E-state index in [4.69, 9.17) is 32.4 Å². The summed E-state index contributed by atoms with van der Waals surface area (Å²) in [7, 11) is -3.97. The molecule has 8 nitrogen and oxygen atoms in total. The SMILES string of the molecule is CC(C)(C)OC(=O)N[C@H](Cc1ccccc1)c1nnc(S(=O)(=O)Cc2ccc(Cl)c(Cl)c2)o1. The highest BCUT2D eigenvalue weighted by Gasteiger charge is 2.29. The molecule has 0 bridgehead atoms. The summed E-state index contributed by atoms with van der Waals surface area (Å²) < 4.78 is 36.5. The molecule has 0 spiro atoms. The van der Waals surface area contributed by atoms with Gasteiger partial charge in [-0.1, -0.05) is 64.7 Å². The molecular weight excluding hydrogens is 489 g/mol. The molecule has 0 saturated heterocycles. The van der Waals surface area contributed by atoms with Gasteiger partial charge in [-0.3, -0.25) is 0 Å². The number of hydrogen-bond acceptors (Lipinski definition) is 7. The lowest BCUT2D eigenvalue weighted by Crippen LogP contribution is -2.36. The zero-order valence-electron chi connectivity index (χ0n) is 18.2. The van der Waals surface area contributed by atoms with E-state index in [2.05, 4.69) is 15.5 Å². The molecule has 1 atom stereocenters. The largest absolute Gasteiger partial charge is 0.444 e. The van der Waals surface area contributed by atoms with Crippen molar-refractivity contribution in [3.63, 3.8) is 0 Å². The maximum absolute atomic E-state index is 12.8. The van der Waals surface area contributed by atoms with Crippen molar-refractivity contribution >= 4 is 39.1 Å². The van der Waals surface area contributed by atoms with E-state index < -0.39 is 38.5 Å². The van der Waals surface area contributed by atoms with Crippen molar-refractivity contribution in [2.24, 2.45) is 0 Å². The topological polar surface area (TPSA) is 111 Å². The van der Waals surface area contributed by atoms with E-state index in [1.165, 1.54) is 12.1 Å². The zero-order valence-corrected chi connectivity index (χ0v) is 20.5. The predicted octanol–water partition coefficient (Wildman–Crippen LogP) is 5.16. The molecule has 11 heteroatoms. The number of nitrogens with zero attached hydrogens (tertiary/aromatic N) is 2. The van der Waals surface area contributed by atoms with Crippen LogP contribution < -0.4 is 5.32 Å². The van der Waals surface area contributed by atoms with Gasteiger partial charge in [-0.25, -0.2) is 13.2 Å².